The summed E-state index contributed by atoms with van der Waals surface area (Å²) in [4.78, 5) is 7.00. The van der Waals surface area contributed by atoms with Crippen LogP contribution in [0.2, 0.25) is 0 Å². The van der Waals surface area contributed by atoms with Crippen LogP contribution in [0, 0.1) is 18.3 Å². The minimum Gasteiger partial charge on any atom is -0.351 e. The van der Waals surface area contributed by atoms with Gasteiger partial charge < -0.3 is 4.90 Å². The lowest BCUT2D eigenvalue weighted by molar-refractivity contribution is 0.397. The van der Waals surface area contributed by atoms with Crippen molar-refractivity contribution in [3.05, 3.63) is 71.7 Å². The lowest BCUT2D eigenvalue weighted by Gasteiger charge is -2.43. The normalized spacial score (nSPS) is 23.6. The summed E-state index contributed by atoms with van der Waals surface area (Å²) in [5, 5.41) is 15.2. The summed E-state index contributed by atoms with van der Waals surface area (Å²) in [6.07, 6.45) is 4.54. The molecular formula is C22H21N5. The fourth-order valence-corrected chi connectivity index (χ4v) is 4.79. The second kappa shape index (κ2) is 5.95. The molecule has 0 N–H and O–H groups in total. The van der Waals surface area contributed by atoms with Crippen LogP contribution in [0.4, 0.5) is 5.82 Å². The fraction of sp³-hybridized carbons (Fsp3) is 0.318. The molecule has 2 aliphatic rings. The van der Waals surface area contributed by atoms with Crippen molar-refractivity contribution < 1.29 is 0 Å². The number of aryl methyl sites for hydroxylation is 1. The SMILES string of the molecule is Cc1nn(-c2ccccc2)c2c1C[C@](C#N)(c1ccccn1)[C@@H]1CCCN21. The van der Waals surface area contributed by atoms with Crippen LogP contribution in [0.5, 0.6) is 0 Å². The van der Waals surface area contributed by atoms with Crippen LogP contribution in [0.3, 0.4) is 0 Å². The van der Waals surface area contributed by atoms with E-state index in [1.54, 1.807) is 6.20 Å². The quantitative estimate of drug-likeness (QED) is 0.705. The van der Waals surface area contributed by atoms with Crippen molar-refractivity contribution in [1.29, 1.82) is 5.26 Å². The maximum Gasteiger partial charge on any atom is 0.136 e. The second-order valence-corrected chi connectivity index (χ2v) is 7.46. The van der Waals surface area contributed by atoms with Crippen molar-refractivity contribution in [2.45, 2.75) is 37.6 Å². The Morgan fingerprint density at radius 1 is 1.15 bits per heavy atom. The van der Waals surface area contributed by atoms with E-state index in [1.165, 1.54) is 5.56 Å². The van der Waals surface area contributed by atoms with Gasteiger partial charge >= 0.3 is 0 Å². The molecule has 5 rings (SSSR count). The van der Waals surface area contributed by atoms with Gasteiger partial charge in [0.1, 0.15) is 11.2 Å². The van der Waals surface area contributed by atoms with Gasteiger partial charge in [-0.05, 0) is 44.0 Å². The minimum absolute atomic E-state index is 0.128. The molecule has 4 heterocycles. The van der Waals surface area contributed by atoms with Crippen molar-refractivity contribution in [2.75, 3.05) is 11.4 Å². The van der Waals surface area contributed by atoms with Crippen molar-refractivity contribution in [3.8, 4) is 11.8 Å². The van der Waals surface area contributed by atoms with Crippen molar-refractivity contribution in [1.82, 2.24) is 14.8 Å². The molecule has 2 atom stereocenters. The van der Waals surface area contributed by atoms with Gasteiger partial charge in [0.15, 0.2) is 0 Å². The van der Waals surface area contributed by atoms with Gasteiger partial charge in [-0.25, -0.2) is 4.68 Å². The summed E-state index contributed by atoms with van der Waals surface area (Å²) in [6, 6.07) is 19.0. The van der Waals surface area contributed by atoms with Gasteiger partial charge in [-0.3, -0.25) is 4.98 Å². The molecule has 0 amide bonds. The first-order chi connectivity index (χ1) is 13.2. The predicted octanol–water partition coefficient (Wildman–Crippen LogP) is 3.56. The van der Waals surface area contributed by atoms with Gasteiger partial charge in [-0.2, -0.15) is 10.4 Å². The molecule has 1 aromatic carbocycles. The Hall–Kier alpha value is -3.13. The number of benzene rings is 1. The largest absolute Gasteiger partial charge is 0.351 e. The first-order valence-corrected chi connectivity index (χ1v) is 9.48. The standard InChI is InChI=1S/C22H21N5/c1-16-18-14-22(15-23,19-10-5-6-12-24-19)20-11-7-13-26(20)21(18)27(25-16)17-8-3-2-4-9-17/h2-6,8-10,12,20H,7,11,13-14H2,1H3/t20-,22-/m0/s1. The van der Waals surface area contributed by atoms with Gasteiger partial charge in [0.2, 0.25) is 0 Å². The van der Waals surface area contributed by atoms with Crippen molar-refractivity contribution in [2.24, 2.45) is 0 Å². The highest BCUT2D eigenvalue weighted by Gasteiger charge is 2.52. The van der Waals surface area contributed by atoms with Crippen LogP contribution >= 0.6 is 0 Å². The lowest BCUT2D eigenvalue weighted by atomic mass is 9.70. The molecule has 0 bridgehead atoms. The van der Waals surface area contributed by atoms with Crippen LogP contribution in [0.15, 0.2) is 54.7 Å². The molecule has 1 saturated heterocycles. The van der Waals surface area contributed by atoms with Gasteiger partial charge in [-0.1, -0.05) is 24.3 Å². The Kier molecular flexibility index (Phi) is 3.54. The molecule has 5 nitrogen and oxygen atoms in total. The highest BCUT2D eigenvalue weighted by atomic mass is 15.4. The van der Waals surface area contributed by atoms with Crippen LogP contribution < -0.4 is 4.90 Å². The zero-order valence-electron chi connectivity index (χ0n) is 15.3. The Morgan fingerprint density at radius 3 is 2.70 bits per heavy atom. The van der Waals surface area contributed by atoms with Gasteiger partial charge in [0, 0.05) is 24.7 Å². The second-order valence-electron chi connectivity index (χ2n) is 7.46. The number of nitriles is 1. The molecule has 0 spiro atoms. The summed E-state index contributed by atoms with van der Waals surface area (Å²) in [6.45, 7) is 3.00. The third-order valence-electron chi connectivity index (χ3n) is 6.03. The van der Waals surface area contributed by atoms with Gasteiger partial charge in [-0.15, -0.1) is 0 Å². The van der Waals surface area contributed by atoms with E-state index in [2.05, 4.69) is 39.7 Å². The molecule has 134 valence electrons. The number of pyridine rings is 1. The van der Waals surface area contributed by atoms with E-state index in [4.69, 9.17) is 5.10 Å². The van der Waals surface area contributed by atoms with Crippen molar-refractivity contribution >= 4 is 5.82 Å². The predicted molar refractivity (Wildman–Crippen MR) is 104 cm³/mol. The number of fused-ring (bicyclic) bond motifs is 3. The Morgan fingerprint density at radius 2 is 1.96 bits per heavy atom. The van der Waals surface area contributed by atoms with E-state index in [1.807, 2.05) is 36.4 Å². The molecule has 0 unspecified atom stereocenters. The van der Waals surface area contributed by atoms with Crippen LogP contribution in [0.25, 0.3) is 5.69 Å². The Balaban J connectivity index is 1.73. The Bertz CT molecular complexity index is 1020. The maximum absolute atomic E-state index is 10.3. The smallest absolute Gasteiger partial charge is 0.136 e. The van der Waals surface area contributed by atoms with Gasteiger partial charge in [0.25, 0.3) is 0 Å². The molecule has 5 heteroatoms. The molecule has 0 radical (unpaired) electrons. The number of aromatic nitrogens is 3. The van der Waals surface area contributed by atoms with E-state index in [0.29, 0.717) is 6.42 Å². The summed E-state index contributed by atoms with van der Waals surface area (Å²) >= 11 is 0. The van der Waals surface area contributed by atoms with Gasteiger partial charge in [0.05, 0.1) is 29.2 Å². The third-order valence-corrected chi connectivity index (χ3v) is 6.03. The Labute approximate surface area is 158 Å². The first-order valence-electron chi connectivity index (χ1n) is 9.48. The molecule has 2 aromatic heterocycles. The maximum atomic E-state index is 10.3. The van der Waals surface area contributed by atoms with Crippen molar-refractivity contribution in [3.63, 3.8) is 0 Å². The monoisotopic (exact) mass is 355 g/mol. The topological polar surface area (TPSA) is 57.7 Å². The molecule has 3 aromatic rings. The van der Waals surface area contributed by atoms with E-state index < -0.39 is 5.41 Å². The summed E-state index contributed by atoms with van der Waals surface area (Å²) in [5.74, 6) is 1.16. The van der Waals surface area contributed by atoms with Crippen LogP contribution in [-0.4, -0.2) is 27.4 Å². The number of rotatable bonds is 2. The molecule has 0 aliphatic carbocycles. The highest BCUT2D eigenvalue weighted by molar-refractivity contribution is 5.62. The number of hydrogen-bond acceptors (Lipinski definition) is 4. The average molecular weight is 355 g/mol. The zero-order chi connectivity index (χ0) is 18.4. The number of hydrogen-bond donors (Lipinski definition) is 0. The number of anilines is 1. The van der Waals surface area contributed by atoms with E-state index in [-0.39, 0.29) is 6.04 Å². The molecule has 1 fully saturated rings. The average Bonchev–Trinajstić information content (AvgIpc) is 3.34. The van der Waals surface area contributed by atoms with Crippen LogP contribution in [-0.2, 0) is 11.8 Å². The highest BCUT2D eigenvalue weighted by Crippen LogP contribution is 2.48. The summed E-state index contributed by atoms with van der Waals surface area (Å²) in [5.41, 5.74) is 3.48. The van der Waals surface area contributed by atoms with Crippen LogP contribution in [0.1, 0.15) is 29.8 Å². The molecule has 0 saturated carbocycles. The first kappa shape index (κ1) is 16.1. The molecular weight excluding hydrogens is 334 g/mol. The minimum atomic E-state index is -0.625. The van der Waals surface area contributed by atoms with E-state index >= 15 is 0 Å². The lowest BCUT2D eigenvalue weighted by Crippen LogP contribution is -2.52. The summed E-state index contributed by atoms with van der Waals surface area (Å²) < 4.78 is 2.06. The van der Waals surface area contributed by atoms with E-state index in [0.717, 1.165) is 42.3 Å². The number of para-hydroxylation sites is 1. The molecule has 27 heavy (non-hydrogen) atoms. The molecule has 2 aliphatic heterocycles. The zero-order valence-corrected chi connectivity index (χ0v) is 15.3. The number of nitrogens with zero attached hydrogens (tertiary/aromatic N) is 5. The fourth-order valence-electron chi connectivity index (χ4n) is 4.79. The summed E-state index contributed by atoms with van der Waals surface area (Å²) in [7, 11) is 0. The van der Waals surface area contributed by atoms with E-state index in [9.17, 15) is 5.26 Å². The third kappa shape index (κ3) is 2.23.